The first-order chi connectivity index (χ1) is 7.73. The fraction of sp³-hybridized carbons (Fsp3) is 0.714. The molecule has 0 radical (unpaired) electrons. The molecule has 0 aromatic carbocycles. The molecule has 94 valence electrons. The molecule has 1 aliphatic carbocycles. The number of nitrogens with zero attached hydrogens (tertiary/aromatic N) is 2. The van der Waals surface area contributed by atoms with E-state index in [9.17, 15) is 5.11 Å². The predicted molar refractivity (Wildman–Crippen MR) is 67.3 cm³/mol. The van der Waals surface area contributed by atoms with Crippen molar-refractivity contribution in [2.24, 2.45) is 10.8 Å². The Bertz CT molecular complexity index is 382. The zero-order chi connectivity index (χ0) is 12.7. The second kappa shape index (κ2) is 3.77. The predicted octanol–water partition coefficient (Wildman–Crippen LogP) is 2.90. The highest BCUT2D eigenvalue weighted by Gasteiger charge is 2.48. The van der Waals surface area contributed by atoms with E-state index >= 15 is 0 Å². The van der Waals surface area contributed by atoms with Gasteiger partial charge in [0.15, 0.2) is 0 Å². The SMILES string of the molecule is CC1(C)CC(C)(C)CC(O)(c2cnccn2)C1. The Morgan fingerprint density at radius 3 is 2.06 bits per heavy atom. The third-order valence-corrected chi connectivity index (χ3v) is 3.54. The molecule has 0 bridgehead atoms. The van der Waals surface area contributed by atoms with E-state index in [1.54, 1.807) is 18.6 Å². The van der Waals surface area contributed by atoms with Gasteiger partial charge in [0.05, 0.1) is 11.9 Å². The van der Waals surface area contributed by atoms with E-state index in [0.29, 0.717) is 5.69 Å². The van der Waals surface area contributed by atoms with Gasteiger partial charge in [-0.2, -0.15) is 0 Å². The van der Waals surface area contributed by atoms with Gasteiger partial charge >= 0.3 is 0 Å². The van der Waals surface area contributed by atoms with E-state index in [1.807, 2.05) is 0 Å². The van der Waals surface area contributed by atoms with E-state index in [-0.39, 0.29) is 10.8 Å². The Morgan fingerprint density at radius 2 is 1.59 bits per heavy atom. The van der Waals surface area contributed by atoms with Gasteiger partial charge in [0.25, 0.3) is 0 Å². The van der Waals surface area contributed by atoms with Gasteiger partial charge < -0.3 is 5.11 Å². The van der Waals surface area contributed by atoms with Crippen LogP contribution in [-0.4, -0.2) is 15.1 Å². The summed E-state index contributed by atoms with van der Waals surface area (Å²) < 4.78 is 0. The van der Waals surface area contributed by atoms with Crippen LogP contribution in [0.2, 0.25) is 0 Å². The lowest BCUT2D eigenvalue weighted by Crippen LogP contribution is -2.44. The highest BCUT2D eigenvalue weighted by molar-refractivity contribution is 5.13. The van der Waals surface area contributed by atoms with E-state index in [4.69, 9.17) is 0 Å². The lowest BCUT2D eigenvalue weighted by molar-refractivity contribution is -0.0941. The molecule has 1 aromatic heterocycles. The smallest absolute Gasteiger partial charge is 0.109 e. The molecule has 1 aromatic rings. The quantitative estimate of drug-likeness (QED) is 0.812. The van der Waals surface area contributed by atoms with E-state index in [0.717, 1.165) is 19.3 Å². The van der Waals surface area contributed by atoms with E-state index in [2.05, 4.69) is 37.7 Å². The first-order valence-corrected chi connectivity index (χ1v) is 6.22. The Labute approximate surface area is 103 Å². The minimum Gasteiger partial charge on any atom is -0.383 e. The van der Waals surface area contributed by atoms with Crippen LogP contribution < -0.4 is 0 Å². The highest BCUT2D eigenvalue weighted by atomic mass is 16.3. The number of hydrogen-bond acceptors (Lipinski definition) is 3. The van der Waals surface area contributed by atoms with Gasteiger partial charge in [-0.05, 0) is 30.1 Å². The van der Waals surface area contributed by atoms with Crippen LogP contribution in [0.15, 0.2) is 18.6 Å². The Morgan fingerprint density at radius 1 is 1.00 bits per heavy atom. The Balaban J connectivity index is 2.37. The van der Waals surface area contributed by atoms with Crippen LogP contribution in [0.1, 0.15) is 52.7 Å². The lowest BCUT2D eigenvalue weighted by Gasteiger charge is -2.49. The van der Waals surface area contributed by atoms with Crippen molar-refractivity contribution < 1.29 is 5.11 Å². The summed E-state index contributed by atoms with van der Waals surface area (Å²) in [5, 5.41) is 10.9. The van der Waals surface area contributed by atoms with Gasteiger partial charge in [0.2, 0.25) is 0 Å². The summed E-state index contributed by atoms with van der Waals surface area (Å²) in [5.41, 5.74) is 0.141. The van der Waals surface area contributed by atoms with Gasteiger partial charge in [-0.1, -0.05) is 27.7 Å². The fourth-order valence-corrected chi connectivity index (χ4v) is 3.79. The van der Waals surface area contributed by atoms with E-state index < -0.39 is 5.60 Å². The molecule has 0 spiro atoms. The van der Waals surface area contributed by atoms with Crippen LogP contribution in [0.3, 0.4) is 0 Å². The van der Waals surface area contributed by atoms with Gasteiger partial charge in [-0.15, -0.1) is 0 Å². The zero-order valence-corrected chi connectivity index (χ0v) is 11.2. The minimum absolute atomic E-state index is 0.133. The summed E-state index contributed by atoms with van der Waals surface area (Å²) in [4.78, 5) is 8.37. The van der Waals surface area contributed by atoms with Crippen molar-refractivity contribution in [3.05, 3.63) is 24.3 Å². The summed E-state index contributed by atoms with van der Waals surface area (Å²) in [6, 6.07) is 0. The number of hydrogen-bond donors (Lipinski definition) is 1. The second-order valence-electron chi connectivity index (χ2n) is 6.98. The molecule has 3 nitrogen and oxygen atoms in total. The molecule has 0 unspecified atom stereocenters. The van der Waals surface area contributed by atoms with Crippen molar-refractivity contribution in [1.82, 2.24) is 9.97 Å². The van der Waals surface area contributed by atoms with Gasteiger partial charge in [-0.3, -0.25) is 9.97 Å². The first kappa shape index (κ1) is 12.5. The zero-order valence-electron chi connectivity index (χ0n) is 11.2. The van der Waals surface area contributed by atoms with Crippen LogP contribution in [0.5, 0.6) is 0 Å². The second-order valence-corrected chi connectivity index (χ2v) is 6.98. The molecule has 1 aliphatic rings. The molecule has 3 heteroatoms. The highest BCUT2D eigenvalue weighted by Crippen LogP contribution is 2.53. The summed E-state index contributed by atoms with van der Waals surface area (Å²) in [7, 11) is 0. The molecular formula is C14H22N2O. The molecule has 0 atom stereocenters. The Hall–Kier alpha value is -0.960. The summed E-state index contributed by atoms with van der Waals surface area (Å²) in [6.07, 6.45) is 7.62. The van der Waals surface area contributed by atoms with Crippen molar-refractivity contribution in [2.75, 3.05) is 0 Å². The Kier molecular flexibility index (Phi) is 2.77. The van der Waals surface area contributed by atoms with E-state index in [1.165, 1.54) is 0 Å². The summed E-state index contributed by atoms with van der Waals surface area (Å²) in [6.45, 7) is 8.87. The number of rotatable bonds is 1. The lowest BCUT2D eigenvalue weighted by atomic mass is 9.59. The third kappa shape index (κ3) is 2.65. The average Bonchev–Trinajstić information content (AvgIpc) is 2.13. The fourth-order valence-electron chi connectivity index (χ4n) is 3.79. The maximum atomic E-state index is 10.9. The van der Waals surface area contributed by atoms with Gasteiger partial charge in [0.1, 0.15) is 5.60 Å². The van der Waals surface area contributed by atoms with Crippen molar-refractivity contribution in [3.63, 3.8) is 0 Å². The molecule has 0 saturated heterocycles. The standard InChI is InChI=1S/C14H22N2O/c1-12(2)8-13(3,4)10-14(17,9-12)11-7-15-5-6-16-11/h5-7,17H,8-10H2,1-4H3. The summed E-state index contributed by atoms with van der Waals surface area (Å²) in [5.74, 6) is 0. The third-order valence-electron chi connectivity index (χ3n) is 3.54. The molecule has 1 N–H and O–H groups in total. The maximum Gasteiger partial charge on any atom is 0.109 e. The van der Waals surface area contributed by atoms with Crippen molar-refractivity contribution in [1.29, 1.82) is 0 Å². The molecule has 0 aliphatic heterocycles. The molecule has 17 heavy (non-hydrogen) atoms. The van der Waals surface area contributed by atoms with Crippen LogP contribution in [0.4, 0.5) is 0 Å². The number of aliphatic hydroxyl groups is 1. The maximum absolute atomic E-state index is 10.9. The minimum atomic E-state index is -0.834. The normalized spacial score (nSPS) is 25.5. The number of aromatic nitrogens is 2. The van der Waals surface area contributed by atoms with Crippen LogP contribution in [0.25, 0.3) is 0 Å². The molecule has 1 heterocycles. The monoisotopic (exact) mass is 234 g/mol. The summed E-state index contributed by atoms with van der Waals surface area (Å²) >= 11 is 0. The first-order valence-electron chi connectivity index (χ1n) is 6.22. The largest absolute Gasteiger partial charge is 0.383 e. The van der Waals surface area contributed by atoms with Crippen LogP contribution in [-0.2, 0) is 5.60 Å². The van der Waals surface area contributed by atoms with Crippen molar-refractivity contribution >= 4 is 0 Å². The molecule has 1 fully saturated rings. The van der Waals surface area contributed by atoms with Crippen LogP contribution in [0, 0.1) is 10.8 Å². The molecule has 0 amide bonds. The molecule has 2 rings (SSSR count). The van der Waals surface area contributed by atoms with Gasteiger partial charge in [0, 0.05) is 12.4 Å². The van der Waals surface area contributed by atoms with Gasteiger partial charge in [-0.25, -0.2) is 0 Å². The molecule has 1 saturated carbocycles. The average molecular weight is 234 g/mol. The molecular weight excluding hydrogens is 212 g/mol. The van der Waals surface area contributed by atoms with Crippen molar-refractivity contribution in [3.8, 4) is 0 Å². The topological polar surface area (TPSA) is 46.0 Å². The van der Waals surface area contributed by atoms with Crippen LogP contribution >= 0.6 is 0 Å². The van der Waals surface area contributed by atoms with Crippen molar-refractivity contribution in [2.45, 2.75) is 52.6 Å².